The number of hydrogen-bond donors (Lipinski definition) is 2. The third-order valence-corrected chi connectivity index (χ3v) is 3.03. The minimum absolute atomic E-state index is 0.317. The Bertz CT molecular complexity index is 485. The van der Waals surface area contributed by atoms with Crippen LogP contribution in [-0.2, 0) is 12.8 Å². The summed E-state index contributed by atoms with van der Waals surface area (Å²) in [4.78, 5) is 0. The highest BCUT2D eigenvalue weighted by Gasteiger charge is 2.03. The Labute approximate surface area is 108 Å². The third kappa shape index (κ3) is 3.31. The predicted octanol–water partition coefficient (Wildman–Crippen LogP) is 2.69. The minimum Gasteiger partial charge on any atom is -0.393 e. The van der Waals surface area contributed by atoms with Gasteiger partial charge in [0, 0.05) is 0 Å². The molecule has 2 N–H and O–H groups in total. The van der Waals surface area contributed by atoms with E-state index >= 15 is 0 Å². The topological polar surface area (TPSA) is 40.5 Å². The fraction of sp³-hybridized carbons (Fsp3) is 0.375. The van der Waals surface area contributed by atoms with E-state index in [2.05, 4.69) is 36.4 Å². The third-order valence-electron chi connectivity index (χ3n) is 3.03. The van der Waals surface area contributed by atoms with Crippen LogP contribution in [0.5, 0.6) is 0 Å². The Morgan fingerprint density at radius 2 is 1.22 bits per heavy atom. The smallest absolute Gasteiger partial charge is 0.0552 e. The van der Waals surface area contributed by atoms with E-state index < -0.39 is 0 Å². The summed E-state index contributed by atoms with van der Waals surface area (Å²) in [6.45, 7) is 3.60. The van der Waals surface area contributed by atoms with Gasteiger partial charge < -0.3 is 10.2 Å². The van der Waals surface area contributed by atoms with Crippen LogP contribution in [0.2, 0.25) is 0 Å². The molecule has 0 saturated carbocycles. The average Bonchev–Trinajstić information content (AvgIpc) is 2.26. The maximum Gasteiger partial charge on any atom is 0.0552 e. The van der Waals surface area contributed by atoms with Crippen molar-refractivity contribution in [2.24, 2.45) is 0 Å². The van der Waals surface area contributed by atoms with Crippen molar-refractivity contribution in [3.63, 3.8) is 0 Å². The van der Waals surface area contributed by atoms with E-state index in [1.165, 1.54) is 10.8 Å². The van der Waals surface area contributed by atoms with Crippen molar-refractivity contribution in [2.75, 3.05) is 0 Å². The zero-order valence-corrected chi connectivity index (χ0v) is 10.9. The summed E-state index contributed by atoms with van der Waals surface area (Å²) in [6, 6.07) is 12.5. The molecule has 0 aliphatic heterocycles. The Balaban J connectivity index is 2.33. The second kappa shape index (κ2) is 5.51. The molecular weight excluding hydrogens is 224 g/mol. The summed E-state index contributed by atoms with van der Waals surface area (Å²) in [5.41, 5.74) is 2.29. The van der Waals surface area contributed by atoms with Gasteiger partial charge in [0.1, 0.15) is 0 Å². The Morgan fingerprint density at radius 1 is 0.778 bits per heavy atom. The first-order chi connectivity index (χ1) is 8.54. The number of benzene rings is 2. The van der Waals surface area contributed by atoms with Crippen LogP contribution in [0, 0.1) is 0 Å². The minimum atomic E-state index is -0.317. The lowest BCUT2D eigenvalue weighted by molar-refractivity contribution is 0.195. The number of hydrogen-bond acceptors (Lipinski definition) is 2. The van der Waals surface area contributed by atoms with E-state index in [-0.39, 0.29) is 12.2 Å². The van der Waals surface area contributed by atoms with Crippen LogP contribution in [-0.4, -0.2) is 22.4 Å². The van der Waals surface area contributed by atoms with Crippen LogP contribution in [0.25, 0.3) is 10.8 Å². The highest BCUT2D eigenvalue weighted by molar-refractivity contribution is 5.83. The molecule has 0 heterocycles. The van der Waals surface area contributed by atoms with E-state index in [1.54, 1.807) is 13.8 Å². The lowest BCUT2D eigenvalue weighted by Crippen LogP contribution is -2.04. The van der Waals surface area contributed by atoms with Crippen LogP contribution in [0.3, 0.4) is 0 Å². The predicted molar refractivity (Wildman–Crippen MR) is 74.7 cm³/mol. The summed E-state index contributed by atoms with van der Waals surface area (Å²) in [5, 5.41) is 21.2. The maximum absolute atomic E-state index is 9.42. The average molecular weight is 244 g/mol. The molecule has 96 valence electrons. The second-order valence-corrected chi connectivity index (χ2v) is 5.12. The quantitative estimate of drug-likeness (QED) is 0.868. The fourth-order valence-electron chi connectivity index (χ4n) is 2.28. The molecule has 0 spiro atoms. The van der Waals surface area contributed by atoms with Crippen molar-refractivity contribution in [1.82, 2.24) is 0 Å². The van der Waals surface area contributed by atoms with Gasteiger partial charge in [-0.05, 0) is 48.6 Å². The molecule has 18 heavy (non-hydrogen) atoms. The summed E-state index contributed by atoms with van der Waals surface area (Å²) in [7, 11) is 0. The van der Waals surface area contributed by atoms with Crippen LogP contribution >= 0.6 is 0 Å². The molecule has 2 heteroatoms. The van der Waals surface area contributed by atoms with Crippen LogP contribution in [0.1, 0.15) is 25.0 Å². The lowest BCUT2D eigenvalue weighted by atomic mass is 9.99. The first kappa shape index (κ1) is 13.1. The van der Waals surface area contributed by atoms with E-state index in [1.807, 2.05) is 0 Å². The normalized spacial score (nSPS) is 14.7. The molecule has 2 nitrogen and oxygen atoms in total. The van der Waals surface area contributed by atoms with Crippen molar-refractivity contribution in [3.8, 4) is 0 Å². The Hall–Kier alpha value is -1.38. The fourth-order valence-corrected chi connectivity index (χ4v) is 2.28. The first-order valence-electron chi connectivity index (χ1n) is 6.42. The Morgan fingerprint density at radius 3 is 1.61 bits per heavy atom. The summed E-state index contributed by atoms with van der Waals surface area (Å²) >= 11 is 0. The molecule has 0 radical (unpaired) electrons. The van der Waals surface area contributed by atoms with Gasteiger partial charge in [0.25, 0.3) is 0 Å². The largest absolute Gasteiger partial charge is 0.393 e. The molecule has 0 aliphatic carbocycles. The van der Waals surface area contributed by atoms with Gasteiger partial charge in [-0.1, -0.05) is 36.4 Å². The first-order valence-corrected chi connectivity index (χ1v) is 6.42. The monoisotopic (exact) mass is 244 g/mol. The van der Waals surface area contributed by atoms with Crippen molar-refractivity contribution in [1.29, 1.82) is 0 Å². The summed E-state index contributed by atoms with van der Waals surface area (Å²) in [5.74, 6) is 0. The van der Waals surface area contributed by atoms with Gasteiger partial charge in [-0.3, -0.25) is 0 Å². The number of rotatable bonds is 4. The number of aliphatic hydroxyl groups excluding tert-OH is 2. The van der Waals surface area contributed by atoms with Crippen molar-refractivity contribution < 1.29 is 10.2 Å². The van der Waals surface area contributed by atoms with Crippen molar-refractivity contribution in [2.45, 2.75) is 38.9 Å². The summed E-state index contributed by atoms with van der Waals surface area (Å²) < 4.78 is 0. The summed E-state index contributed by atoms with van der Waals surface area (Å²) in [6.07, 6.45) is 0.721. The van der Waals surface area contributed by atoms with E-state index in [9.17, 15) is 10.2 Å². The molecule has 0 aromatic heterocycles. The highest BCUT2D eigenvalue weighted by atomic mass is 16.3. The zero-order valence-electron chi connectivity index (χ0n) is 10.9. The highest BCUT2D eigenvalue weighted by Crippen LogP contribution is 2.19. The molecular formula is C16H20O2. The van der Waals surface area contributed by atoms with Crippen LogP contribution in [0.4, 0.5) is 0 Å². The lowest BCUT2D eigenvalue weighted by Gasteiger charge is -2.08. The maximum atomic E-state index is 9.42. The van der Waals surface area contributed by atoms with Crippen LogP contribution < -0.4 is 0 Å². The van der Waals surface area contributed by atoms with Gasteiger partial charge >= 0.3 is 0 Å². The van der Waals surface area contributed by atoms with E-state index in [4.69, 9.17) is 0 Å². The van der Waals surface area contributed by atoms with Gasteiger partial charge in [-0.15, -0.1) is 0 Å². The zero-order chi connectivity index (χ0) is 13.1. The van der Waals surface area contributed by atoms with Gasteiger partial charge in [0.2, 0.25) is 0 Å². The van der Waals surface area contributed by atoms with Gasteiger partial charge in [0.05, 0.1) is 12.2 Å². The second-order valence-electron chi connectivity index (χ2n) is 5.12. The van der Waals surface area contributed by atoms with E-state index in [0.717, 1.165) is 11.1 Å². The van der Waals surface area contributed by atoms with Crippen molar-refractivity contribution in [3.05, 3.63) is 47.5 Å². The molecule has 2 unspecified atom stereocenters. The molecule has 0 bridgehead atoms. The molecule has 2 aromatic carbocycles. The molecule has 0 aliphatic rings. The number of aliphatic hydroxyl groups is 2. The molecule has 2 rings (SSSR count). The SMILES string of the molecule is CC(O)Cc1ccc2ccc(CC(C)O)cc2c1. The van der Waals surface area contributed by atoms with E-state index in [0.29, 0.717) is 12.8 Å². The Kier molecular flexibility index (Phi) is 4.00. The van der Waals surface area contributed by atoms with Gasteiger partial charge in [-0.2, -0.15) is 0 Å². The van der Waals surface area contributed by atoms with Gasteiger partial charge in [-0.25, -0.2) is 0 Å². The van der Waals surface area contributed by atoms with Crippen molar-refractivity contribution >= 4 is 10.8 Å². The number of fused-ring (bicyclic) bond motifs is 1. The molecule has 0 fully saturated rings. The molecule has 0 saturated heterocycles. The standard InChI is InChI=1S/C16H20O2/c1-11(17)7-13-3-5-15-6-4-14(8-12(2)18)10-16(15)9-13/h3-6,9-12,17-18H,7-8H2,1-2H3. The van der Waals surface area contributed by atoms with Gasteiger partial charge in [0.15, 0.2) is 0 Å². The molecule has 2 aromatic rings. The van der Waals surface area contributed by atoms with Crippen LogP contribution in [0.15, 0.2) is 36.4 Å². The molecule has 0 amide bonds. The molecule has 2 atom stereocenters.